The normalized spacial score (nSPS) is 11.2. The van der Waals surface area contributed by atoms with Crippen LogP contribution in [-0.2, 0) is 4.74 Å². The second kappa shape index (κ2) is 5.10. The molecule has 0 bridgehead atoms. The van der Waals surface area contributed by atoms with Gasteiger partial charge in [-0.15, -0.1) is 0 Å². The molecule has 0 saturated heterocycles. The first-order valence-electron chi connectivity index (χ1n) is 6.95. The van der Waals surface area contributed by atoms with Gasteiger partial charge in [-0.25, -0.2) is 9.78 Å². The molecule has 0 spiro atoms. The molecule has 114 valence electrons. The summed E-state index contributed by atoms with van der Waals surface area (Å²) in [5, 5.41) is 9.37. The van der Waals surface area contributed by atoms with Gasteiger partial charge in [-0.3, -0.25) is 4.40 Å². The highest BCUT2D eigenvalue weighted by Crippen LogP contribution is 2.30. The molecule has 23 heavy (non-hydrogen) atoms. The zero-order valence-corrected chi connectivity index (χ0v) is 13.0. The molecular weight excluding hydrogens is 312 g/mol. The van der Waals surface area contributed by atoms with Gasteiger partial charge in [0.05, 0.1) is 28.6 Å². The summed E-state index contributed by atoms with van der Waals surface area (Å²) in [5.41, 5.74) is 3.31. The van der Waals surface area contributed by atoms with Crippen molar-refractivity contribution in [3.05, 3.63) is 54.2 Å². The van der Waals surface area contributed by atoms with Gasteiger partial charge >= 0.3 is 5.97 Å². The maximum Gasteiger partial charge on any atom is 0.337 e. The molecule has 0 unspecified atom stereocenters. The van der Waals surface area contributed by atoms with Crippen molar-refractivity contribution in [3.8, 4) is 17.0 Å². The molecule has 2 heterocycles. The van der Waals surface area contributed by atoms with E-state index in [1.165, 1.54) is 18.4 Å². The molecule has 5 nitrogen and oxygen atoms in total. The lowest BCUT2D eigenvalue weighted by Gasteiger charge is -1.99. The summed E-state index contributed by atoms with van der Waals surface area (Å²) in [7, 11) is 1.37. The van der Waals surface area contributed by atoms with Crippen LogP contribution in [0.2, 0.25) is 0 Å². The molecule has 0 aliphatic rings. The Kier molecular flexibility index (Phi) is 3.06. The average Bonchev–Trinajstić information content (AvgIpc) is 3.11. The van der Waals surface area contributed by atoms with E-state index < -0.39 is 0 Å². The first-order valence-corrected chi connectivity index (χ1v) is 7.77. The number of carbonyl (C=O) groups is 1. The number of ether oxygens (including phenoxy) is 1. The Morgan fingerprint density at radius 3 is 2.74 bits per heavy atom. The summed E-state index contributed by atoms with van der Waals surface area (Å²) in [6.45, 7) is 0. The number of rotatable bonds is 2. The summed E-state index contributed by atoms with van der Waals surface area (Å²) in [5.74, 6) is -0.113. The molecule has 1 N–H and O–H groups in total. The van der Waals surface area contributed by atoms with Crippen molar-refractivity contribution in [2.24, 2.45) is 0 Å². The number of fused-ring (bicyclic) bond motifs is 3. The van der Waals surface area contributed by atoms with Crippen LogP contribution in [0.4, 0.5) is 0 Å². The van der Waals surface area contributed by atoms with Gasteiger partial charge in [-0.2, -0.15) is 0 Å². The van der Waals surface area contributed by atoms with E-state index in [0.29, 0.717) is 5.56 Å². The van der Waals surface area contributed by atoms with Crippen LogP contribution in [0.25, 0.3) is 26.4 Å². The van der Waals surface area contributed by atoms with Gasteiger partial charge in [0, 0.05) is 11.8 Å². The quantitative estimate of drug-likeness (QED) is 0.571. The van der Waals surface area contributed by atoms with E-state index in [9.17, 15) is 9.90 Å². The molecule has 2 aromatic carbocycles. The van der Waals surface area contributed by atoms with Gasteiger partial charge in [0.15, 0.2) is 4.96 Å². The van der Waals surface area contributed by atoms with E-state index in [2.05, 4.69) is 4.98 Å². The smallest absolute Gasteiger partial charge is 0.337 e. The minimum atomic E-state index is -0.345. The predicted molar refractivity (Wildman–Crippen MR) is 89.0 cm³/mol. The molecule has 4 aromatic rings. The van der Waals surface area contributed by atoms with E-state index in [0.717, 1.165) is 26.4 Å². The van der Waals surface area contributed by atoms with Crippen molar-refractivity contribution in [1.82, 2.24) is 9.38 Å². The van der Waals surface area contributed by atoms with E-state index in [4.69, 9.17) is 4.74 Å². The van der Waals surface area contributed by atoms with Crippen LogP contribution in [0.15, 0.2) is 48.7 Å². The van der Waals surface area contributed by atoms with E-state index in [1.54, 1.807) is 18.2 Å². The Labute approximate surface area is 135 Å². The average molecular weight is 324 g/mol. The SMILES string of the molecule is COC(=O)c1ccc2c(c1)sc1nc(-c3ccc(O)cc3)cn12. The van der Waals surface area contributed by atoms with Crippen LogP contribution in [0.3, 0.4) is 0 Å². The van der Waals surface area contributed by atoms with Crippen molar-refractivity contribution in [3.63, 3.8) is 0 Å². The number of phenolic OH excluding ortho intramolecular Hbond substituents is 1. The molecule has 0 aliphatic heterocycles. The molecule has 0 aliphatic carbocycles. The molecular formula is C17H12N2O3S. The molecule has 0 fully saturated rings. The summed E-state index contributed by atoms with van der Waals surface area (Å²) in [4.78, 5) is 17.1. The third kappa shape index (κ3) is 2.24. The number of hydrogen-bond acceptors (Lipinski definition) is 5. The van der Waals surface area contributed by atoms with Gasteiger partial charge in [-0.05, 0) is 42.5 Å². The highest BCUT2D eigenvalue weighted by molar-refractivity contribution is 7.23. The second-order valence-corrected chi connectivity index (χ2v) is 6.11. The highest BCUT2D eigenvalue weighted by atomic mass is 32.1. The first kappa shape index (κ1) is 13.8. The maximum absolute atomic E-state index is 11.6. The minimum Gasteiger partial charge on any atom is -0.508 e. The largest absolute Gasteiger partial charge is 0.508 e. The van der Waals surface area contributed by atoms with Gasteiger partial charge in [-0.1, -0.05) is 11.3 Å². The maximum atomic E-state index is 11.6. The van der Waals surface area contributed by atoms with Crippen LogP contribution < -0.4 is 0 Å². The standard InChI is InChI=1S/C17H12N2O3S/c1-22-16(21)11-4-7-14-15(8-11)23-17-18-13(9-19(14)17)10-2-5-12(20)6-3-10/h2-9,20H,1H3. The highest BCUT2D eigenvalue weighted by Gasteiger charge is 2.13. The van der Waals surface area contributed by atoms with Crippen LogP contribution in [0.1, 0.15) is 10.4 Å². The number of esters is 1. The minimum absolute atomic E-state index is 0.232. The van der Waals surface area contributed by atoms with Gasteiger partial charge in [0.2, 0.25) is 0 Å². The Hall–Kier alpha value is -2.86. The number of benzene rings is 2. The molecule has 0 atom stereocenters. The molecule has 4 rings (SSSR count). The van der Waals surface area contributed by atoms with Crippen molar-refractivity contribution in [2.45, 2.75) is 0 Å². The monoisotopic (exact) mass is 324 g/mol. The van der Waals surface area contributed by atoms with Gasteiger partial charge in [0.25, 0.3) is 0 Å². The van der Waals surface area contributed by atoms with E-state index >= 15 is 0 Å². The lowest BCUT2D eigenvalue weighted by molar-refractivity contribution is 0.0601. The Balaban J connectivity index is 1.84. The number of aromatic nitrogens is 2. The van der Waals surface area contributed by atoms with Gasteiger partial charge in [0.1, 0.15) is 5.75 Å². The van der Waals surface area contributed by atoms with Crippen molar-refractivity contribution < 1.29 is 14.6 Å². The third-order valence-corrected chi connectivity index (χ3v) is 4.70. The van der Waals surface area contributed by atoms with Crippen LogP contribution in [-0.4, -0.2) is 27.6 Å². The molecule has 2 aromatic heterocycles. The number of phenols is 1. The number of carbonyl (C=O) groups excluding carboxylic acids is 1. The fraction of sp³-hybridized carbons (Fsp3) is 0.0588. The fourth-order valence-electron chi connectivity index (χ4n) is 2.52. The summed E-state index contributed by atoms with van der Waals surface area (Å²) >= 11 is 1.52. The number of hydrogen-bond donors (Lipinski definition) is 1. The van der Waals surface area contributed by atoms with Crippen molar-refractivity contribution >= 4 is 32.5 Å². The Morgan fingerprint density at radius 2 is 2.00 bits per heavy atom. The number of imidazole rings is 1. The zero-order valence-electron chi connectivity index (χ0n) is 12.2. The topological polar surface area (TPSA) is 63.8 Å². The molecule has 0 saturated carbocycles. The predicted octanol–water partition coefficient (Wildman–Crippen LogP) is 3.71. The Morgan fingerprint density at radius 1 is 1.22 bits per heavy atom. The molecule has 0 amide bonds. The molecule has 6 heteroatoms. The number of methoxy groups -OCH3 is 1. The van der Waals surface area contributed by atoms with Crippen LogP contribution in [0.5, 0.6) is 5.75 Å². The van der Waals surface area contributed by atoms with Crippen molar-refractivity contribution in [1.29, 1.82) is 0 Å². The Bertz CT molecular complexity index is 1030. The summed E-state index contributed by atoms with van der Waals surface area (Å²) < 4.78 is 7.73. The lowest BCUT2D eigenvalue weighted by Crippen LogP contribution is -2.00. The lowest BCUT2D eigenvalue weighted by atomic mass is 10.2. The summed E-state index contributed by atoms with van der Waals surface area (Å²) in [6.07, 6.45) is 1.96. The number of thiazole rings is 1. The van der Waals surface area contributed by atoms with Gasteiger partial charge < -0.3 is 9.84 Å². The van der Waals surface area contributed by atoms with E-state index in [-0.39, 0.29) is 11.7 Å². The van der Waals surface area contributed by atoms with Crippen molar-refractivity contribution in [2.75, 3.05) is 7.11 Å². The second-order valence-electron chi connectivity index (χ2n) is 5.10. The third-order valence-electron chi connectivity index (χ3n) is 3.68. The zero-order chi connectivity index (χ0) is 16.0. The van der Waals surface area contributed by atoms with E-state index in [1.807, 2.05) is 34.9 Å². The summed E-state index contributed by atoms with van der Waals surface area (Å²) in [6, 6.07) is 12.4. The first-order chi connectivity index (χ1) is 11.2. The number of nitrogens with zero attached hydrogens (tertiary/aromatic N) is 2. The molecule has 0 radical (unpaired) electrons. The van der Waals surface area contributed by atoms with Crippen LogP contribution >= 0.6 is 11.3 Å². The number of aromatic hydroxyl groups is 1. The fourth-order valence-corrected chi connectivity index (χ4v) is 3.56. The van der Waals surface area contributed by atoms with Crippen LogP contribution in [0, 0.1) is 0 Å².